The van der Waals surface area contributed by atoms with Crippen LogP contribution in [0.3, 0.4) is 0 Å². The lowest BCUT2D eigenvalue weighted by Crippen LogP contribution is -2.34. The first-order valence-electron chi connectivity index (χ1n) is 6.33. The average molecular weight is 246 g/mol. The SMILES string of the molecule is Cc1cccc2sc([C@H]3CCN[C@H](C)C3)nc12. The molecule has 0 radical (unpaired) electrons. The van der Waals surface area contributed by atoms with Crippen molar-refractivity contribution >= 4 is 21.6 Å². The summed E-state index contributed by atoms with van der Waals surface area (Å²) in [5.74, 6) is 0.656. The Balaban J connectivity index is 1.97. The number of aromatic nitrogens is 1. The molecule has 1 aliphatic heterocycles. The van der Waals surface area contributed by atoms with Gasteiger partial charge < -0.3 is 5.32 Å². The molecule has 1 N–H and O–H groups in total. The molecule has 3 heteroatoms. The molecule has 0 spiro atoms. The number of rotatable bonds is 1. The maximum atomic E-state index is 4.86. The van der Waals surface area contributed by atoms with Crippen molar-refractivity contribution in [3.8, 4) is 0 Å². The molecule has 2 aromatic rings. The summed E-state index contributed by atoms with van der Waals surface area (Å²) in [7, 11) is 0. The fraction of sp³-hybridized carbons (Fsp3) is 0.500. The van der Waals surface area contributed by atoms with Crippen LogP contribution in [0.1, 0.15) is 36.3 Å². The van der Waals surface area contributed by atoms with Crippen LogP contribution in [0.15, 0.2) is 18.2 Å². The molecule has 0 aliphatic carbocycles. The van der Waals surface area contributed by atoms with Crippen LogP contribution in [0.25, 0.3) is 10.2 Å². The molecule has 1 saturated heterocycles. The van der Waals surface area contributed by atoms with Crippen molar-refractivity contribution in [3.63, 3.8) is 0 Å². The van der Waals surface area contributed by atoms with Gasteiger partial charge in [-0.15, -0.1) is 11.3 Å². The smallest absolute Gasteiger partial charge is 0.0970 e. The lowest BCUT2D eigenvalue weighted by Gasteiger charge is -2.26. The van der Waals surface area contributed by atoms with Gasteiger partial charge in [0.25, 0.3) is 0 Å². The van der Waals surface area contributed by atoms with Gasteiger partial charge in [-0.25, -0.2) is 4.98 Å². The van der Waals surface area contributed by atoms with E-state index in [2.05, 4.69) is 37.4 Å². The van der Waals surface area contributed by atoms with E-state index in [0.29, 0.717) is 12.0 Å². The number of piperidine rings is 1. The number of nitrogens with one attached hydrogen (secondary N) is 1. The van der Waals surface area contributed by atoms with Gasteiger partial charge in [-0.2, -0.15) is 0 Å². The van der Waals surface area contributed by atoms with Crippen molar-refractivity contribution in [1.82, 2.24) is 10.3 Å². The molecule has 2 nitrogen and oxygen atoms in total. The fourth-order valence-electron chi connectivity index (χ4n) is 2.63. The van der Waals surface area contributed by atoms with Crippen molar-refractivity contribution < 1.29 is 0 Å². The Morgan fingerprint density at radius 3 is 3.06 bits per heavy atom. The van der Waals surface area contributed by atoms with Gasteiger partial charge in [0.15, 0.2) is 0 Å². The molecule has 0 bridgehead atoms. The normalized spacial score (nSPS) is 25.3. The summed E-state index contributed by atoms with van der Waals surface area (Å²) in [6.07, 6.45) is 2.45. The zero-order valence-electron chi connectivity index (χ0n) is 10.4. The van der Waals surface area contributed by atoms with E-state index in [1.807, 2.05) is 11.3 Å². The van der Waals surface area contributed by atoms with E-state index < -0.39 is 0 Å². The standard InChI is InChI=1S/C14H18N2S/c1-9-4-3-5-12-13(9)16-14(17-12)11-6-7-15-10(2)8-11/h3-5,10-11,15H,6-8H2,1-2H3/t10-,11+/m1/s1. The van der Waals surface area contributed by atoms with Crippen LogP contribution in [0, 0.1) is 6.92 Å². The fourth-order valence-corrected chi connectivity index (χ4v) is 3.83. The molecule has 2 heterocycles. The van der Waals surface area contributed by atoms with Gasteiger partial charge in [0.2, 0.25) is 0 Å². The minimum absolute atomic E-state index is 0.627. The Bertz CT molecular complexity index is 532. The topological polar surface area (TPSA) is 24.9 Å². The number of aryl methyl sites for hydroxylation is 1. The highest BCUT2D eigenvalue weighted by Crippen LogP contribution is 2.34. The third-order valence-electron chi connectivity index (χ3n) is 3.61. The number of benzene rings is 1. The first kappa shape index (κ1) is 11.2. The van der Waals surface area contributed by atoms with E-state index in [1.165, 1.54) is 33.6 Å². The average Bonchev–Trinajstić information content (AvgIpc) is 2.74. The molecular formula is C14H18N2S. The largest absolute Gasteiger partial charge is 0.314 e. The second-order valence-corrected chi connectivity index (χ2v) is 6.11. The third kappa shape index (κ3) is 2.09. The second kappa shape index (κ2) is 4.39. The Kier molecular flexibility index (Phi) is 2.89. The summed E-state index contributed by atoms with van der Waals surface area (Å²) in [5, 5.41) is 4.84. The van der Waals surface area contributed by atoms with Gasteiger partial charge in [0, 0.05) is 12.0 Å². The van der Waals surface area contributed by atoms with Gasteiger partial charge in [-0.05, 0) is 44.9 Å². The quantitative estimate of drug-likeness (QED) is 0.833. The minimum atomic E-state index is 0.627. The molecule has 2 atom stereocenters. The minimum Gasteiger partial charge on any atom is -0.314 e. The highest BCUT2D eigenvalue weighted by molar-refractivity contribution is 7.18. The Hall–Kier alpha value is -0.930. The zero-order chi connectivity index (χ0) is 11.8. The zero-order valence-corrected chi connectivity index (χ0v) is 11.2. The predicted molar refractivity (Wildman–Crippen MR) is 73.8 cm³/mol. The first-order chi connectivity index (χ1) is 8.24. The van der Waals surface area contributed by atoms with Gasteiger partial charge in [0.05, 0.1) is 15.2 Å². The highest BCUT2D eigenvalue weighted by atomic mass is 32.1. The van der Waals surface area contributed by atoms with Crippen LogP contribution < -0.4 is 5.32 Å². The molecular weight excluding hydrogens is 228 g/mol. The van der Waals surface area contributed by atoms with Crippen molar-refractivity contribution in [2.45, 2.75) is 38.6 Å². The molecule has 1 fully saturated rings. The van der Waals surface area contributed by atoms with E-state index >= 15 is 0 Å². The van der Waals surface area contributed by atoms with Gasteiger partial charge in [-0.3, -0.25) is 0 Å². The highest BCUT2D eigenvalue weighted by Gasteiger charge is 2.22. The molecule has 1 aliphatic rings. The van der Waals surface area contributed by atoms with Crippen LogP contribution in [-0.4, -0.2) is 17.6 Å². The monoisotopic (exact) mass is 246 g/mol. The Morgan fingerprint density at radius 2 is 2.29 bits per heavy atom. The number of hydrogen-bond acceptors (Lipinski definition) is 3. The molecule has 1 aromatic heterocycles. The number of hydrogen-bond donors (Lipinski definition) is 1. The number of para-hydroxylation sites is 1. The van der Waals surface area contributed by atoms with Crippen molar-refractivity contribution in [2.75, 3.05) is 6.54 Å². The number of nitrogens with zero attached hydrogens (tertiary/aromatic N) is 1. The molecule has 1 aromatic carbocycles. The van der Waals surface area contributed by atoms with Gasteiger partial charge in [0.1, 0.15) is 0 Å². The summed E-state index contributed by atoms with van der Waals surface area (Å²) in [6, 6.07) is 7.09. The molecule has 0 saturated carbocycles. The van der Waals surface area contributed by atoms with Crippen LogP contribution in [0.4, 0.5) is 0 Å². The van der Waals surface area contributed by atoms with Gasteiger partial charge >= 0.3 is 0 Å². The van der Waals surface area contributed by atoms with Crippen LogP contribution >= 0.6 is 11.3 Å². The Labute approximate surface area is 106 Å². The number of fused-ring (bicyclic) bond motifs is 1. The lowest BCUT2D eigenvalue weighted by atomic mass is 9.94. The summed E-state index contributed by atoms with van der Waals surface area (Å²) < 4.78 is 1.34. The van der Waals surface area contributed by atoms with Crippen molar-refractivity contribution in [2.24, 2.45) is 0 Å². The summed E-state index contributed by atoms with van der Waals surface area (Å²) in [6.45, 7) is 5.54. The van der Waals surface area contributed by atoms with E-state index in [0.717, 1.165) is 6.54 Å². The molecule has 90 valence electrons. The Morgan fingerprint density at radius 1 is 1.41 bits per heavy atom. The summed E-state index contributed by atoms with van der Waals surface area (Å²) >= 11 is 1.88. The summed E-state index contributed by atoms with van der Waals surface area (Å²) in [5.41, 5.74) is 2.51. The van der Waals surface area contributed by atoms with E-state index in [1.54, 1.807) is 0 Å². The lowest BCUT2D eigenvalue weighted by molar-refractivity contribution is 0.381. The predicted octanol–water partition coefficient (Wildman–Crippen LogP) is 3.46. The van der Waals surface area contributed by atoms with Gasteiger partial charge in [-0.1, -0.05) is 12.1 Å². The maximum absolute atomic E-state index is 4.86. The molecule has 3 rings (SSSR count). The molecule has 0 amide bonds. The number of thiazole rings is 1. The molecule has 0 unspecified atom stereocenters. The first-order valence-corrected chi connectivity index (χ1v) is 7.15. The maximum Gasteiger partial charge on any atom is 0.0970 e. The summed E-state index contributed by atoms with van der Waals surface area (Å²) in [4.78, 5) is 4.86. The third-order valence-corrected chi connectivity index (χ3v) is 4.79. The van der Waals surface area contributed by atoms with E-state index in [4.69, 9.17) is 4.98 Å². The van der Waals surface area contributed by atoms with Crippen LogP contribution in [-0.2, 0) is 0 Å². The van der Waals surface area contributed by atoms with Crippen LogP contribution in [0.2, 0.25) is 0 Å². The molecule has 17 heavy (non-hydrogen) atoms. The second-order valence-electron chi connectivity index (χ2n) is 5.05. The van der Waals surface area contributed by atoms with E-state index in [9.17, 15) is 0 Å². The van der Waals surface area contributed by atoms with E-state index in [-0.39, 0.29) is 0 Å². The van der Waals surface area contributed by atoms with Crippen LogP contribution in [0.5, 0.6) is 0 Å². The van der Waals surface area contributed by atoms with Crippen molar-refractivity contribution in [1.29, 1.82) is 0 Å². The van der Waals surface area contributed by atoms with Crippen molar-refractivity contribution in [3.05, 3.63) is 28.8 Å².